The Morgan fingerprint density at radius 3 is 2.37 bits per heavy atom. The van der Waals surface area contributed by atoms with Crippen LogP contribution < -0.4 is 4.72 Å². The van der Waals surface area contributed by atoms with E-state index in [1.807, 2.05) is 0 Å². The summed E-state index contributed by atoms with van der Waals surface area (Å²) in [6.45, 7) is 3.60. The molecule has 106 valence electrons. The van der Waals surface area contributed by atoms with Gasteiger partial charge in [0.05, 0.1) is 11.5 Å². The molecule has 1 N–H and O–H groups in total. The number of hydrogen-bond acceptors (Lipinski definition) is 4. The van der Waals surface area contributed by atoms with Crippen LogP contribution in [0.15, 0.2) is 29.2 Å². The summed E-state index contributed by atoms with van der Waals surface area (Å²) in [4.78, 5) is 11.3. The summed E-state index contributed by atoms with van der Waals surface area (Å²) in [5, 5.41) is 0. The predicted molar refractivity (Wildman–Crippen MR) is 72.3 cm³/mol. The third-order valence-corrected chi connectivity index (χ3v) is 3.90. The van der Waals surface area contributed by atoms with Gasteiger partial charge in [-0.25, -0.2) is 8.42 Å². The number of sulfonamides is 1. The number of ether oxygens (including phenoxy) is 1. The highest BCUT2D eigenvalue weighted by Gasteiger charge is 2.15. The standard InChI is InChI=1S/C13H19NO4S/c1-3-5-11-6-8-12(9-7-11)19(16,17)14-10-13(15)18-4-2/h6-9,14H,3-5,10H2,1-2H3. The molecule has 0 amide bonds. The summed E-state index contributed by atoms with van der Waals surface area (Å²) in [5.74, 6) is -0.589. The maximum Gasteiger partial charge on any atom is 0.321 e. The average Bonchev–Trinajstić information content (AvgIpc) is 2.38. The maximum absolute atomic E-state index is 11.9. The Morgan fingerprint density at radius 1 is 1.21 bits per heavy atom. The van der Waals surface area contributed by atoms with Gasteiger partial charge in [-0.3, -0.25) is 4.79 Å². The van der Waals surface area contributed by atoms with Crippen LogP contribution in [-0.4, -0.2) is 27.5 Å². The summed E-state index contributed by atoms with van der Waals surface area (Å²) in [6.07, 6.45) is 1.92. The van der Waals surface area contributed by atoms with Crippen molar-refractivity contribution in [2.75, 3.05) is 13.2 Å². The van der Waals surface area contributed by atoms with Gasteiger partial charge in [0.2, 0.25) is 10.0 Å². The van der Waals surface area contributed by atoms with Crippen molar-refractivity contribution in [3.63, 3.8) is 0 Å². The Kier molecular flexibility index (Phi) is 5.98. The Balaban J connectivity index is 2.69. The SMILES string of the molecule is CCCc1ccc(S(=O)(=O)NCC(=O)OCC)cc1. The predicted octanol–water partition coefficient (Wildman–Crippen LogP) is 1.48. The topological polar surface area (TPSA) is 72.5 Å². The first-order valence-corrected chi connectivity index (χ1v) is 7.72. The van der Waals surface area contributed by atoms with Crippen molar-refractivity contribution in [1.82, 2.24) is 4.72 Å². The normalized spacial score (nSPS) is 11.3. The van der Waals surface area contributed by atoms with Crippen molar-refractivity contribution in [2.24, 2.45) is 0 Å². The van der Waals surface area contributed by atoms with E-state index >= 15 is 0 Å². The summed E-state index contributed by atoms with van der Waals surface area (Å²) < 4.78 is 30.6. The van der Waals surface area contributed by atoms with Crippen LogP contribution >= 0.6 is 0 Å². The zero-order valence-corrected chi connectivity index (χ0v) is 12.0. The Bertz CT molecular complexity index is 508. The highest BCUT2D eigenvalue weighted by Crippen LogP contribution is 2.11. The fourth-order valence-corrected chi connectivity index (χ4v) is 2.54. The molecule has 0 aromatic heterocycles. The zero-order chi connectivity index (χ0) is 14.3. The van der Waals surface area contributed by atoms with Gasteiger partial charge in [-0.2, -0.15) is 4.72 Å². The molecular weight excluding hydrogens is 266 g/mol. The van der Waals surface area contributed by atoms with Crippen molar-refractivity contribution in [3.8, 4) is 0 Å². The van der Waals surface area contributed by atoms with E-state index in [9.17, 15) is 13.2 Å². The molecule has 0 saturated carbocycles. The molecule has 0 heterocycles. The first-order valence-electron chi connectivity index (χ1n) is 6.23. The molecule has 0 saturated heterocycles. The molecular formula is C13H19NO4S. The molecule has 0 radical (unpaired) electrons. The molecule has 5 nitrogen and oxygen atoms in total. The third-order valence-electron chi connectivity index (χ3n) is 2.48. The second-order valence-corrected chi connectivity index (χ2v) is 5.79. The van der Waals surface area contributed by atoms with Crippen LogP contribution in [0.5, 0.6) is 0 Å². The van der Waals surface area contributed by atoms with Crippen LogP contribution in [0.1, 0.15) is 25.8 Å². The van der Waals surface area contributed by atoms with Gasteiger partial charge in [-0.15, -0.1) is 0 Å². The molecule has 1 aromatic rings. The van der Waals surface area contributed by atoms with Crippen molar-refractivity contribution in [3.05, 3.63) is 29.8 Å². The van der Waals surface area contributed by atoms with Crippen molar-refractivity contribution < 1.29 is 17.9 Å². The zero-order valence-electron chi connectivity index (χ0n) is 11.2. The van der Waals surface area contributed by atoms with Gasteiger partial charge in [0.25, 0.3) is 0 Å². The van der Waals surface area contributed by atoms with Crippen LogP contribution in [0, 0.1) is 0 Å². The molecule has 0 bridgehead atoms. The van der Waals surface area contributed by atoms with E-state index in [2.05, 4.69) is 16.4 Å². The monoisotopic (exact) mass is 285 g/mol. The lowest BCUT2D eigenvalue weighted by Crippen LogP contribution is -2.30. The molecule has 0 aliphatic carbocycles. The van der Waals surface area contributed by atoms with Gasteiger partial charge in [-0.1, -0.05) is 25.5 Å². The number of aryl methyl sites for hydroxylation is 1. The second-order valence-electron chi connectivity index (χ2n) is 4.02. The molecule has 0 unspecified atom stereocenters. The molecule has 19 heavy (non-hydrogen) atoms. The van der Waals surface area contributed by atoms with Gasteiger partial charge in [-0.05, 0) is 31.0 Å². The van der Waals surface area contributed by atoms with Crippen molar-refractivity contribution >= 4 is 16.0 Å². The first-order chi connectivity index (χ1) is 8.99. The third kappa shape index (κ3) is 5.00. The Labute approximate surface area is 114 Å². The Morgan fingerprint density at radius 2 is 1.84 bits per heavy atom. The number of rotatable bonds is 7. The van der Waals surface area contributed by atoms with E-state index in [1.54, 1.807) is 31.2 Å². The minimum Gasteiger partial charge on any atom is -0.465 e. The van der Waals surface area contributed by atoms with E-state index in [0.717, 1.165) is 18.4 Å². The molecule has 0 spiro atoms. The van der Waals surface area contributed by atoms with Gasteiger partial charge < -0.3 is 4.74 Å². The Hall–Kier alpha value is -1.40. The fraction of sp³-hybridized carbons (Fsp3) is 0.462. The van der Waals surface area contributed by atoms with Gasteiger partial charge in [0, 0.05) is 0 Å². The lowest BCUT2D eigenvalue weighted by molar-refractivity contribution is -0.141. The number of nitrogens with one attached hydrogen (secondary N) is 1. The summed E-state index contributed by atoms with van der Waals surface area (Å²) >= 11 is 0. The van der Waals surface area contributed by atoms with E-state index in [-0.39, 0.29) is 18.0 Å². The smallest absolute Gasteiger partial charge is 0.321 e. The number of benzene rings is 1. The largest absolute Gasteiger partial charge is 0.465 e. The summed E-state index contributed by atoms with van der Waals surface area (Å²) in [5.41, 5.74) is 1.09. The number of esters is 1. The van der Waals surface area contributed by atoms with Crippen LogP contribution in [-0.2, 0) is 26.0 Å². The van der Waals surface area contributed by atoms with Crippen LogP contribution in [0.4, 0.5) is 0 Å². The number of hydrogen-bond donors (Lipinski definition) is 1. The van der Waals surface area contributed by atoms with Crippen LogP contribution in [0.2, 0.25) is 0 Å². The number of carbonyl (C=O) groups is 1. The van der Waals surface area contributed by atoms with Crippen molar-refractivity contribution in [1.29, 1.82) is 0 Å². The summed E-state index contributed by atoms with van der Waals surface area (Å²) in [6, 6.07) is 6.64. The molecule has 1 rings (SSSR count). The molecule has 1 aromatic carbocycles. The molecule has 0 aliphatic heterocycles. The van der Waals surface area contributed by atoms with Gasteiger partial charge in [0.1, 0.15) is 6.54 Å². The highest BCUT2D eigenvalue weighted by molar-refractivity contribution is 7.89. The highest BCUT2D eigenvalue weighted by atomic mass is 32.2. The minimum absolute atomic E-state index is 0.150. The molecule has 0 aliphatic rings. The van der Waals surface area contributed by atoms with Gasteiger partial charge >= 0.3 is 5.97 Å². The molecule has 6 heteroatoms. The first kappa shape index (κ1) is 15.7. The lowest BCUT2D eigenvalue weighted by Gasteiger charge is -2.07. The number of carbonyl (C=O) groups excluding carboxylic acids is 1. The van der Waals surface area contributed by atoms with Crippen molar-refractivity contribution in [2.45, 2.75) is 31.6 Å². The average molecular weight is 285 g/mol. The fourth-order valence-electron chi connectivity index (χ4n) is 1.57. The van der Waals surface area contributed by atoms with E-state index in [1.165, 1.54) is 0 Å². The summed E-state index contributed by atoms with van der Waals surface area (Å²) in [7, 11) is -3.66. The lowest BCUT2D eigenvalue weighted by atomic mass is 10.1. The van der Waals surface area contributed by atoms with Gasteiger partial charge in [0.15, 0.2) is 0 Å². The van der Waals surface area contributed by atoms with Crippen LogP contribution in [0.3, 0.4) is 0 Å². The van der Waals surface area contributed by atoms with E-state index < -0.39 is 16.0 Å². The van der Waals surface area contributed by atoms with E-state index in [0.29, 0.717) is 0 Å². The quantitative estimate of drug-likeness (QED) is 0.770. The maximum atomic E-state index is 11.9. The molecule has 0 fully saturated rings. The second kappa shape index (κ2) is 7.25. The molecule has 0 atom stereocenters. The van der Waals surface area contributed by atoms with Crippen LogP contribution in [0.25, 0.3) is 0 Å². The minimum atomic E-state index is -3.66. The van der Waals surface area contributed by atoms with E-state index in [4.69, 9.17) is 0 Å².